The summed E-state index contributed by atoms with van der Waals surface area (Å²) >= 11 is 1.51. The molecule has 1 fully saturated rings. The van der Waals surface area contributed by atoms with Crippen molar-refractivity contribution in [2.45, 2.75) is 25.4 Å². The van der Waals surface area contributed by atoms with Gasteiger partial charge in [0.25, 0.3) is 0 Å². The standard InChI is InChI=1S/C16H17N3O3S/c17-14(20)10-3-5-11(6-4-10)15-18-12(9-23-15)8-19-7-1-2-13(19)16(21)22/h3-6,9,13H,1-2,7-8H2,(H2,17,20)(H,21,22)/t13-/m1/s1. The van der Waals surface area contributed by atoms with Crippen molar-refractivity contribution in [3.05, 3.63) is 40.9 Å². The summed E-state index contributed by atoms with van der Waals surface area (Å²) < 4.78 is 0. The van der Waals surface area contributed by atoms with E-state index in [1.807, 2.05) is 22.4 Å². The lowest BCUT2D eigenvalue weighted by Crippen LogP contribution is -2.35. The van der Waals surface area contributed by atoms with E-state index in [0.29, 0.717) is 18.5 Å². The molecule has 1 atom stereocenters. The molecule has 2 aromatic rings. The zero-order valence-electron chi connectivity index (χ0n) is 12.4. The molecule has 1 aliphatic heterocycles. The van der Waals surface area contributed by atoms with Crippen LogP contribution in [0.15, 0.2) is 29.6 Å². The van der Waals surface area contributed by atoms with Crippen LogP contribution in [0.4, 0.5) is 0 Å². The van der Waals surface area contributed by atoms with Crippen LogP contribution in [0.25, 0.3) is 10.6 Å². The van der Waals surface area contributed by atoms with Crippen LogP contribution >= 0.6 is 11.3 Å². The van der Waals surface area contributed by atoms with Crippen LogP contribution in [0.3, 0.4) is 0 Å². The quantitative estimate of drug-likeness (QED) is 0.873. The van der Waals surface area contributed by atoms with Crippen molar-refractivity contribution in [1.82, 2.24) is 9.88 Å². The number of likely N-dealkylation sites (tertiary alicyclic amines) is 1. The number of thiazole rings is 1. The highest BCUT2D eigenvalue weighted by Crippen LogP contribution is 2.26. The van der Waals surface area contributed by atoms with E-state index < -0.39 is 17.9 Å². The van der Waals surface area contributed by atoms with Gasteiger partial charge in [0.15, 0.2) is 0 Å². The number of benzene rings is 1. The van der Waals surface area contributed by atoms with E-state index in [9.17, 15) is 14.7 Å². The molecular formula is C16H17N3O3S. The molecule has 6 nitrogen and oxygen atoms in total. The number of nitrogens with two attached hydrogens (primary N) is 1. The highest BCUT2D eigenvalue weighted by molar-refractivity contribution is 7.13. The summed E-state index contributed by atoms with van der Waals surface area (Å²) in [6.07, 6.45) is 1.60. The van der Waals surface area contributed by atoms with Gasteiger partial charge in [-0.15, -0.1) is 11.3 Å². The molecule has 1 amide bonds. The number of aliphatic carboxylic acids is 1. The molecule has 2 heterocycles. The minimum atomic E-state index is -0.764. The van der Waals surface area contributed by atoms with Gasteiger partial charge < -0.3 is 10.8 Å². The number of carboxylic acid groups (broad SMARTS) is 1. The molecule has 120 valence electrons. The van der Waals surface area contributed by atoms with Gasteiger partial charge in [0.05, 0.1) is 5.69 Å². The molecule has 7 heteroatoms. The fourth-order valence-corrected chi connectivity index (χ4v) is 3.61. The first-order valence-corrected chi connectivity index (χ1v) is 8.24. The van der Waals surface area contributed by atoms with Crippen LogP contribution in [-0.2, 0) is 11.3 Å². The number of amides is 1. The Morgan fingerprint density at radius 1 is 1.35 bits per heavy atom. The normalized spacial score (nSPS) is 18.2. The fraction of sp³-hybridized carbons (Fsp3) is 0.312. The van der Waals surface area contributed by atoms with E-state index in [-0.39, 0.29) is 0 Å². The summed E-state index contributed by atoms with van der Waals surface area (Å²) in [7, 11) is 0. The van der Waals surface area contributed by atoms with E-state index in [0.717, 1.165) is 29.2 Å². The third-order valence-electron chi connectivity index (χ3n) is 3.98. The van der Waals surface area contributed by atoms with Crippen molar-refractivity contribution in [1.29, 1.82) is 0 Å². The number of aromatic nitrogens is 1. The Morgan fingerprint density at radius 3 is 2.74 bits per heavy atom. The highest BCUT2D eigenvalue weighted by Gasteiger charge is 2.30. The number of rotatable bonds is 5. The molecular weight excluding hydrogens is 314 g/mol. The topological polar surface area (TPSA) is 96.5 Å². The van der Waals surface area contributed by atoms with Gasteiger partial charge in [-0.3, -0.25) is 14.5 Å². The lowest BCUT2D eigenvalue weighted by atomic mass is 10.1. The number of hydrogen-bond donors (Lipinski definition) is 2. The van der Waals surface area contributed by atoms with Crippen molar-refractivity contribution in [3.63, 3.8) is 0 Å². The molecule has 23 heavy (non-hydrogen) atoms. The maximum absolute atomic E-state index is 11.2. The summed E-state index contributed by atoms with van der Waals surface area (Å²) in [5.41, 5.74) is 7.49. The average Bonchev–Trinajstić information content (AvgIpc) is 3.17. The molecule has 0 spiro atoms. The van der Waals surface area contributed by atoms with E-state index in [4.69, 9.17) is 5.73 Å². The Balaban J connectivity index is 1.73. The van der Waals surface area contributed by atoms with E-state index in [2.05, 4.69) is 4.98 Å². The fourth-order valence-electron chi connectivity index (χ4n) is 2.79. The Labute approximate surface area is 137 Å². The Kier molecular flexibility index (Phi) is 4.40. The molecule has 3 N–H and O–H groups in total. The second kappa shape index (κ2) is 6.47. The van der Waals surface area contributed by atoms with Gasteiger partial charge >= 0.3 is 5.97 Å². The lowest BCUT2D eigenvalue weighted by Gasteiger charge is -2.19. The maximum atomic E-state index is 11.2. The first-order chi connectivity index (χ1) is 11.0. The molecule has 1 aliphatic rings. The maximum Gasteiger partial charge on any atom is 0.320 e. The van der Waals surface area contributed by atoms with Crippen LogP contribution in [0.5, 0.6) is 0 Å². The van der Waals surface area contributed by atoms with E-state index in [1.165, 1.54) is 11.3 Å². The molecule has 1 aromatic heterocycles. The van der Waals surface area contributed by atoms with Gasteiger partial charge in [-0.1, -0.05) is 12.1 Å². The van der Waals surface area contributed by atoms with Gasteiger partial charge in [0, 0.05) is 23.1 Å². The van der Waals surface area contributed by atoms with E-state index in [1.54, 1.807) is 12.1 Å². The number of carbonyl (C=O) groups is 2. The average molecular weight is 331 g/mol. The smallest absolute Gasteiger partial charge is 0.320 e. The summed E-state index contributed by atoms with van der Waals surface area (Å²) in [4.78, 5) is 28.8. The van der Waals surface area contributed by atoms with Gasteiger partial charge in [0.1, 0.15) is 11.0 Å². The van der Waals surface area contributed by atoms with Crippen LogP contribution in [-0.4, -0.2) is 39.5 Å². The van der Waals surface area contributed by atoms with Crippen LogP contribution < -0.4 is 5.73 Å². The van der Waals surface area contributed by atoms with Gasteiger partial charge in [0.2, 0.25) is 5.91 Å². The third kappa shape index (κ3) is 3.40. The number of nitrogens with zero attached hydrogens (tertiary/aromatic N) is 2. The first kappa shape index (κ1) is 15.6. The molecule has 1 aromatic carbocycles. The van der Waals surface area contributed by atoms with Crippen molar-refractivity contribution >= 4 is 23.2 Å². The minimum Gasteiger partial charge on any atom is -0.480 e. The van der Waals surface area contributed by atoms with Crippen molar-refractivity contribution in [3.8, 4) is 10.6 Å². The van der Waals surface area contributed by atoms with Crippen LogP contribution in [0.1, 0.15) is 28.9 Å². The van der Waals surface area contributed by atoms with Crippen LogP contribution in [0.2, 0.25) is 0 Å². The van der Waals surface area contributed by atoms with Gasteiger partial charge in [-0.25, -0.2) is 4.98 Å². The molecule has 0 bridgehead atoms. The molecule has 0 unspecified atom stereocenters. The molecule has 3 rings (SSSR count). The molecule has 1 saturated heterocycles. The van der Waals surface area contributed by atoms with E-state index >= 15 is 0 Å². The predicted octanol–water partition coefficient (Wildman–Crippen LogP) is 1.96. The van der Waals surface area contributed by atoms with Crippen molar-refractivity contribution in [2.24, 2.45) is 5.73 Å². The Hall–Kier alpha value is -2.25. The second-order valence-corrected chi connectivity index (χ2v) is 6.41. The second-order valence-electron chi connectivity index (χ2n) is 5.55. The summed E-state index contributed by atoms with van der Waals surface area (Å²) in [5.74, 6) is -1.22. The van der Waals surface area contributed by atoms with Gasteiger partial charge in [-0.2, -0.15) is 0 Å². The molecule has 0 saturated carbocycles. The largest absolute Gasteiger partial charge is 0.480 e. The van der Waals surface area contributed by atoms with Crippen molar-refractivity contribution < 1.29 is 14.7 Å². The highest BCUT2D eigenvalue weighted by atomic mass is 32.1. The van der Waals surface area contributed by atoms with Gasteiger partial charge in [-0.05, 0) is 31.5 Å². The number of carboxylic acids is 1. The summed E-state index contributed by atoms with van der Waals surface area (Å²) in [5, 5.41) is 12.0. The molecule has 0 aliphatic carbocycles. The zero-order valence-corrected chi connectivity index (χ0v) is 13.3. The summed E-state index contributed by atoms with van der Waals surface area (Å²) in [6.45, 7) is 1.34. The first-order valence-electron chi connectivity index (χ1n) is 7.36. The monoisotopic (exact) mass is 331 g/mol. The predicted molar refractivity (Wildman–Crippen MR) is 87.1 cm³/mol. The Bertz CT molecular complexity index is 726. The lowest BCUT2D eigenvalue weighted by molar-refractivity contribution is -0.142. The zero-order chi connectivity index (χ0) is 16.4. The SMILES string of the molecule is NC(=O)c1ccc(-c2nc(CN3CCC[C@@H]3C(=O)O)cs2)cc1. The number of primary amides is 1. The minimum absolute atomic E-state index is 0.407. The van der Waals surface area contributed by atoms with Crippen molar-refractivity contribution in [2.75, 3.05) is 6.54 Å². The van der Waals surface area contributed by atoms with Crippen LogP contribution in [0, 0.1) is 0 Å². The third-order valence-corrected chi connectivity index (χ3v) is 4.92. The number of carbonyl (C=O) groups excluding carboxylic acids is 1. The summed E-state index contributed by atoms with van der Waals surface area (Å²) in [6, 6.07) is 6.59. The Morgan fingerprint density at radius 2 is 2.09 bits per heavy atom. The number of hydrogen-bond acceptors (Lipinski definition) is 5. The molecule has 0 radical (unpaired) electrons.